The van der Waals surface area contributed by atoms with Crippen molar-refractivity contribution in [2.24, 2.45) is 5.73 Å². The van der Waals surface area contributed by atoms with E-state index >= 15 is 0 Å². The molecule has 0 aromatic heterocycles. The van der Waals surface area contributed by atoms with E-state index in [1.54, 1.807) is 0 Å². The minimum Gasteiger partial charge on any atom is -0.327 e. The van der Waals surface area contributed by atoms with Gasteiger partial charge in [0.25, 0.3) is 0 Å². The van der Waals surface area contributed by atoms with E-state index in [4.69, 9.17) is 28.9 Å². The molecule has 122 valence electrons. The second-order valence-electron chi connectivity index (χ2n) is 6.55. The predicted molar refractivity (Wildman–Crippen MR) is 98.3 cm³/mol. The Labute approximate surface area is 148 Å². The number of benzene rings is 2. The van der Waals surface area contributed by atoms with Crippen molar-refractivity contribution in [3.05, 3.63) is 69.2 Å². The zero-order valence-corrected chi connectivity index (χ0v) is 14.8. The normalized spacial score (nSPS) is 22.3. The lowest BCUT2D eigenvalue weighted by atomic mass is 9.88. The minimum absolute atomic E-state index is 0.206. The zero-order valence-electron chi connectivity index (χ0n) is 13.3. The van der Waals surface area contributed by atoms with Crippen LogP contribution in [-0.4, -0.2) is 24.0 Å². The molecule has 4 heteroatoms. The summed E-state index contributed by atoms with van der Waals surface area (Å²) in [6, 6.07) is 14.9. The van der Waals surface area contributed by atoms with Crippen LogP contribution in [0.2, 0.25) is 10.0 Å². The summed E-state index contributed by atoms with van der Waals surface area (Å²) in [6.45, 7) is 4.92. The molecule has 23 heavy (non-hydrogen) atoms. The predicted octanol–water partition coefficient (Wildman–Crippen LogP) is 4.62. The van der Waals surface area contributed by atoms with E-state index in [0.29, 0.717) is 16.0 Å². The summed E-state index contributed by atoms with van der Waals surface area (Å²) in [5, 5.41) is 1.21. The van der Waals surface area contributed by atoms with Crippen molar-refractivity contribution in [1.29, 1.82) is 0 Å². The molecule has 0 aliphatic carbocycles. The molecule has 1 fully saturated rings. The Morgan fingerprint density at radius 1 is 1.04 bits per heavy atom. The third kappa shape index (κ3) is 4.27. The minimum atomic E-state index is 0.206. The van der Waals surface area contributed by atoms with Gasteiger partial charge in [0, 0.05) is 25.7 Å². The van der Waals surface area contributed by atoms with Gasteiger partial charge in [0.2, 0.25) is 0 Å². The number of hydrogen-bond donors (Lipinski definition) is 1. The van der Waals surface area contributed by atoms with Crippen LogP contribution in [0.4, 0.5) is 0 Å². The maximum absolute atomic E-state index is 6.30. The first-order valence-corrected chi connectivity index (χ1v) is 8.75. The van der Waals surface area contributed by atoms with Crippen molar-refractivity contribution < 1.29 is 0 Å². The van der Waals surface area contributed by atoms with E-state index in [2.05, 4.69) is 36.1 Å². The average Bonchev–Trinajstić information content (AvgIpc) is 2.51. The Morgan fingerprint density at radius 3 is 2.48 bits per heavy atom. The fraction of sp³-hybridized carbons (Fsp3) is 0.368. The summed E-state index contributed by atoms with van der Waals surface area (Å²) < 4.78 is 0. The molecule has 2 unspecified atom stereocenters. The molecule has 2 aromatic carbocycles. The largest absolute Gasteiger partial charge is 0.327 e. The second kappa shape index (κ2) is 7.23. The number of nitrogens with two attached hydrogens (primary N) is 1. The number of nitrogens with zero attached hydrogens (tertiary/aromatic N) is 1. The van der Waals surface area contributed by atoms with Gasteiger partial charge in [0.1, 0.15) is 0 Å². The van der Waals surface area contributed by atoms with Crippen molar-refractivity contribution in [2.45, 2.75) is 31.8 Å². The summed E-state index contributed by atoms with van der Waals surface area (Å²) in [6.07, 6.45) is 1.04. The molecule has 2 nitrogen and oxygen atoms in total. The van der Waals surface area contributed by atoms with Gasteiger partial charge in [0.05, 0.1) is 10.0 Å². The smallest absolute Gasteiger partial charge is 0.0595 e. The Kier molecular flexibility index (Phi) is 5.27. The van der Waals surface area contributed by atoms with Crippen LogP contribution in [0, 0.1) is 6.92 Å². The maximum atomic E-state index is 6.30. The fourth-order valence-electron chi connectivity index (χ4n) is 3.34. The van der Waals surface area contributed by atoms with Crippen LogP contribution in [0.1, 0.15) is 29.0 Å². The van der Waals surface area contributed by atoms with Crippen molar-refractivity contribution in [2.75, 3.05) is 13.1 Å². The summed E-state index contributed by atoms with van der Waals surface area (Å²) in [5.74, 6) is 0.488. The summed E-state index contributed by atoms with van der Waals surface area (Å²) in [7, 11) is 0. The van der Waals surface area contributed by atoms with E-state index < -0.39 is 0 Å². The highest BCUT2D eigenvalue weighted by atomic mass is 35.5. The van der Waals surface area contributed by atoms with Gasteiger partial charge in [-0.05, 0) is 42.5 Å². The van der Waals surface area contributed by atoms with Crippen LogP contribution in [0.3, 0.4) is 0 Å². The molecule has 0 saturated carbocycles. The first-order valence-electron chi connectivity index (χ1n) is 7.99. The van der Waals surface area contributed by atoms with E-state index in [0.717, 1.165) is 26.1 Å². The van der Waals surface area contributed by atoms with Crippen molar-refractivity contribution in [1.82, 2.24) is 4.90 Å². The second-order valence-corrected chi connectivity index (χ2v) is 7.36. The third-order valence-corrected chi connectivity index (χ3v) is 5.24. The Bertz CT molecular complexity index is 670. The highest BCUT2D eigenvalue weighted by Gasteiger charge is 2.26. The number of likely N-dealkylation sites (tertiary alicyclic amines) is 1. The van der Waals surface area contributed by atoms with Crippen molar-refractivity contribution in [3.63, 3.8) is 0 Å². The first kappa shape index (κ1) is 16.8. The summed E-state index contributed by atoms with van der Waals surface area (Å²) in [5.41, 5.74) is 10.2. The third-order valence-electron chi connectivity index (χ3n) is 4.50. The van der Waals surface area contributed by atoms with Crippen LogP contribution < -0.4 is 5.73 Å². The van der Waals surface area contributed by atoms with Crippen LogP contribution in [0.25, 0.3) is 0 Å². The highest BCUT2D eigenvalue weighted by Crippen LogP contribution is 2.29. The van der Waals surface area contributed by atoms with E-state index in [9.17, 15) is 0 Å². The molecule has 1 aliphatic rings. The topological polar surface area (TPSA) is 29.3 Å². The molecule has 2 aromatic rings. The van der Waals surface area contributed by atoms with Crippen LogP contribution in [0.15, 0.2) is 42.5 Å². The molecule has 1 heterocycles. The number of hydrogen-bond acceptors (Lipinski definition) is 2. The van der Waals surface area contributed by atoms with Crippen LogP contribution >= 0.6 is 23.2 Å². The Hall–Kier alpha value is -1.06. The molecule has 0 radical (unpaired) electrons. The standard InChI is InChI=1S/C19H22Cl2N2/c1-13-2-5-15(6-3-13)16-9-17(22)12-23(11-16)10-14-4-7-18(20)19(21)8-14/h2-8,16-17H,9-12,22H2,1H3. The van der Waals surface area contributed by atoms with Gasteiger partial charge < -0.3 is 5.73 Å². The van der Waals surface area contributed by atoms with Gasteiger partial charge in [-0.25, -0.2) is 0 Å². The molecule has 0 amide bonds. The summed E-state index contributed by atoms with van der Waals surface area (Å²) >= 11 is 12.1. The van der Waals surface area contributed by atoms with Gasteiger partial charge in [-0.1, -0.05) is 59.1 Å². The molecule has 2 atom stereocenters. The van der Waals surface area contributed by atoms with E-state index in [1.165, 1.54) is 16.7 Å². The fourth-order valence-corrected chi connectivity index (χ4v) is 3.66. The van der Waals surface area contributed by atoms with E-state index in [1.807, 2.05) is 18.2 Å². The highest BCUT2D eigenvalue weighted by molar-refractivity contribution is 6.42. The molecule has 1 aliphatic heterocycles. The van der Waals surface area contributed by atoms with E-state index in [-0.39, 0.29) is 6.04 Å². The molecule has 0 bridgehead atoms. The van der Waals surface area contributed by atoms with Crippen molar-refractivity contribution in [3.8, 4) is 0 Å². The van der Waals surface area contributed by atoms with Crippen molar-refractivity contribution >= 4 is 23.2 Å². The SMILES string of the molecule is Cc1ccc(C2CC(N)CN(Cc3ccc(Cl)c(Cl)c3)C2)cc1. The lowest BCUT2D eigenvalue weighted by Crippen LogP contribution is -2.45. The van der Waals surface area contributed by atoms with Gasteiger partial charge in [-0.2, -0.15) is 0 Å². The number of aryl methyl sites for hydroxylation is 1. The van der Waals surface area contributed by atoms with Gasteiger partial charge >= 0.3 is 0 Å². The van der Waals surface area contributed by atoms with Gasteiger partial charge in [-0.3, -0.25) is 4.90 Å². The Balaban J connectivity index is 1.72. The molecule has 1 saturated heterocycles. The molecule has 3 rings (SSSR count). The quantitative estimate of drug-likeness (QED) is 0.876. The van der Waals surface area contributed by atoms with Gasteiger partial charge in [-0.15, -0.1) is 0 Å². The number of halogens is 2. The first-order chi connectivity index (χ1) is 11.0. The molecular weight excluding hydrogens is 327 g/mol. The maximum Gasteiger partial charge on any atom is 0.0595 e. The van der Waals surface area contributed by atoms with Gasteiger partial charge in [0.15, 0.2) is 0 Å². The Morgan fingerprint density at radius 2 is 1.78 bits per heavy atom. The molecule has 2 N–H and O–H groups in total. The monoisotopic (exact) mass is 348 g/mol. The van der Waals surface area contributed by atoms with Crippen LogP contribution in [-0.2, 0) is 6.54 Å². The molecular formula is C19H22Cl2N2. The molecule has 0 spiro atoms. The number of piperidine rings is 1. The average molecular weight is 349 g/mol. The summed E-state index contributed by atoms with van der Waals surface area (Å²) in [4.78, 5) is 2.41. The zero-order chi connectivity index (χ0) is 16.4. The number of rotatable bonds is 3. The van der Waals surface area contributed by atoms with Crippen LogP contribution in [0.5, 0.6) is 0 Å². The lowest BCUT2D eigenvalue weighted by Gasteiger charge is -2.36. The lowest BCUT2D eigenvalue weighted by molar-refractivity contribution is 0.181.